The van der Waals surface area contributed by atoms with Crippen LogP contribution in [0.5, 0.6) is 0 Å². The lowest BCUT2D eigenvalue weighted by atomic mass is 9.77. The molecule has 0 fully saturated rings. The number of rotatable bonds is 3. The summed E-state index contributed by atoms with van der Waals surface area (Å²) >= 11 is 0. The molecule has 0 saturated heterocycles. The molecule has 0 aromatic heterocycles. The number of hydrogen-bond donors (Lipinski definition) is 0. The van der Waals surface area contributed by atoms with Crippen molar-refractivity contribution in [3.63, 3.8) is 0 Å². The number of Topliss-reactive ketones (excluding diaryl/α,β-unsaturated/α-hetero) is 1. The van der Waals surface area contributed by atoms with Crippen molar-refractivity contribution in [2.24, 2.45) is 5.41 Å². The van der Waals surface area contributed by atoms with Gasteiger partial charge in [0.1, 0.15) is 0 Å². The third-order valence-corrected chi connectivity index (χ3v) is 4.19. The zero-order valence-electron chi connectivity index (χ0n) is 13.7. The van der Waals surface area contributed by atoms with Crippen LogP contribution in [0.2, 0.25) is 0 Å². The van der Waals surface area contributed by atoms with Crippen LogP contribution in [-0.4, -0.2) is 32.6 Å². The highest BCUT2D eigenvalue weighted by Gasteiger charge is 2.46. The van der Waals surface area contributed by atoms with E-state index in [1.165, 1.54) is 6.20 Å². The Hall–Kier alpha value is -1.98. The van der Waals surface area contributed by atoms with E-state index in [1.54, 1.807) is 18.7 Å². The molecule has 0 N–H and O–H groups in total. The monoisotopic (exact) mass is 326 g/mol. The second-order valence-electron chi connectivity index (χ2n) is 6.61. The van der Waals surface area contributed by atoms with Crippen LogP contribution in [0.1, 0.15) is 20.3 Å². The number of benzene rings is 1. The van der Waals surface area contributed by atoms with Gasteiger partial charge in [0.2, 0.25) is 0 Å². The van der Waals surface area contributed by atoms with Gasteiger partial charge in [0.05, 0.1) is 0 Å². The molecule has 1 aromatic carbocycles. The maximum atomic E-state index is 12.8. The molecule has 1 aliphatic rings. The normalized spacial score (nSPS) is 17.7. The van der Waals surface area contributed by atoms with Crippen molar-refractivity contribution in [3.8, 4) is 0 Å². The summed E-state index contributed by atoms with van der Waals surface area (Å²) in [5.74, 6) is -1.75. The Kier molecular flexibility index (Phi) is 4.46. The van der Waals surface area contributed by atoms with E-state index in [9.17, 15) is 18.0 Å². The van der Waals surface area contributed by atoms with Gasteiger partial charge in [-0.3, -0.25) is 4.79 Å². The molecule has 1 aromatic rings. The number of carbonyl (C=O) groups excluding carboxylic acids is 1. The topological polar surface area (TPSA) is 23.6 Å². The van der Waals surface area contributed by atoms with Gasteiger partial charge in [-0.25, -0.2) is 0 Å². The highest BCUT2D eigenvalue weighted by atomic mass is 19.4. The fourth-order valence-electron chi connectivity index (χ4n) is 2.59. The van der Waals surface area contributed by atoms with Crippen LogP contribution in [0.15, 0.2) is 36.0 Å². The van der Waals surface area contributed by atoms with E-state index in [1.807, 2.05) is 43.3 Å². The van der Waals surface area contributed by atoms with Crippen LogP contribution in [0.4, 0.5) is 24.5 Å². The van der Waals surface area contributed by atoms with E-state index in [0.717, 1.165) is 11.4 Å². The van der Waals surface area contributed by atoms with Crippen molar-refractivity contribution >= 4 is 17.2 Å². The average molecular weight is 326 g/mol. The summed E-state index contributed by atoms with van der Waals surface area (Å²) in [5.41, 5.74) is 0.806. The summed E-state index contributed by atoms with van der Waals surface area (Å²) < 4.78 is 38.5. The van der Waals surface area contributed by atoms with Gasteiger partial charge < -0.3 is 9.80 Å². The van der Waals surface area contributed by atoms with Gasteiger partial charge in [-0.15, -0.1) is 0 Å². The molecule has 0 aliphatic carbocycles. The first-order valence-corrected chi connectivity index (χ1v) is 7.40. The Morgan fingerprint density at radius 1 is 1.17 bits per heavy atom. The standard InChI is InChI=1S/C17H21F3N2O/c1-16(2)9-10-22(11-14(16)15(23)17(18,19)20)13-7-5-12(6-8-13)21(3)4/h5-8,11H,9-10H2,1-4H3. The van der Waals surface area contributed by atoms with E-state index in [2.05, 4.69) is 0 Å². The van der Waals surface area contributed by atoms with Crippen molar-refractivity contribution in [3.05, 3.63) is 36.0 Å². The molecule has 0 radical (unpaired) electrons. The quantitative estimate of drug-likeness (QED) is 0.839. The first kappa shape index (κ1) is 17.4. The second kappa shape index (κ2) is 5.91. The molecule has 23 heavy (non-hydrogen) atoms. The Labute approximate surface area is 134 Å². The van der Waals surface area contributed by atoms with Crippen molar-refractivity contribution in [2.45, 2.75) is 26.4 Å². The number of alkyl halides is 3. The number of anilines is 2. The molecule has 0 unspecified atom stereocenters. The molecule has 2 rings (SSSR count). The lowest BCUT2D eigenvalue weighted by molar-refractivity contribution is -0.167. The van der Waals surface area contributed by atoms with Crippen LogP contribution in [-0.2, 0) is 4.79 Å². The van der Waals surface area contributed by atoms with Crippen LogP contribution < -0.4 is 9.80 Å². The summed E-state index contributed by atoms with van der Waals surface area (Å²) in [4.78, 5) is 15.4. The SMILES string of the molecule is CN(C)c1ccc(N2C=C(C(=O)C(F)(F)F)C(C)(C)CC2)cc1. The van der Waals surface area contributed by atoms with E-state index < -0.39 is 17.4 Å². The predicted octanol–water partition coefficient (Wildman–Crippen LogP) is 4.00. The summed E-state index contributed by atoms with van der Waals surface area (Å²) in [6.07, 6.45) is -3.01. The number of halogens is 3. The molecule has 0 amide bonds. The van der Waals surface area contributed by atoms with E-state index in [-0.39, 0.29) is 5.57 Å². The summed E-state index contributed by atoms with van der Waals surface area (Å²) in [5, 5.41) is 0. The second-order valence-corrected chi connectivity index (χ2v) is 6.61. The van der Waals surface area contributed by atoms with Gasteiger partial charge in [0.25, 0.3) is 5.78 Å². The summed E-state index contributed by atoms with van der Waals surface area (Å²) in [7, 11) is 3.83. The van der Waals surface area contributed by atoms with Crippen LogP contribution in [0.3, 0.4) is 0 Å². The highest BCUT2D eigenvalue weighted by Crippen LogP contribution is 2.39. The lowest BCUT2D eigenvalue weighted by Gasteiger charge is -2.37. The molecule has 1 heterocycles. The molecule has 3 nitrogen and oxygen atoms in total. The number of nitrogens with zero attached hydrogens (tertiary/aromatic N) is 2. The molecule has 6 heteroatoms. The largest absolute Gasteiger partial charge is 0.454 e. The lowest BCUT2D eigenvalue weighted by Crippen LogP contribution is -2.39. The fourth-order valence-corrected chi connectivity index (χ4v) is 2.59. The number of ketones is 1. The third-order valence-electron chi connectivity index (χ3n) is 4.19. The van der Waals surface area contributed by atoms with Gasteiger partial charge in [0.15, 0.2) is 0 Å². The first-order valence-electron chi connectivity index (χ1n) is 7.40. The number of hydrogen-bond acceptors (Lipinski definition) is 3. The van der Waals surface area contributed by atoms with Gasteiger partial charge in [-0.2, -0.15) is 13.2 Å². The third kappa shape index (κ3) is 3.68. The summed E-state index contributed by atoms with van der Waals surface area (Å²) in [6.45, 7) is 3.92. The Balaban J connectivity index is 2.35. The van der Waals surface area contributed by atoms with Crippen molar-refractivity contribution in [2.75, 3.05) is 30.4 Å². The minimum absolute atomic E-state index is 0.187. The fraction of sp³-hybridized carbons (Fsp3) is 0.471. The smallest absolute Gasteiger partial charge is 0.378 e. The van der Waals surface area contributed by atoms with E-state index in [4.69, 9.17) is 0 Å². The Morgan fingerprint density at radius 3 is 2.22 bits per heavy atom. The van der Waals surface area contributed by atoms with Gasteiger partial charge in [-0.05, 0) is 36.1 Å². The van der Waals surface area contributed by atoms with Crippen molar-refractivity contribution in [1.82, 2.24) is 0 Å². The molecule has 1 aliphatic heterocycles. The maximum Gasteiger partial charge on any atom is 0.454 e. The maximum absolute atomic E-state index is 12.8. The Morgan fingerprint density at radius 2 is 1.74 bits per heavy atom. The van der Waals surface area contributed by atoms with Crippen molar-refractivity contribution in [1.29, 1.82) is 0 Å². The van der Waals surface area contributed by atoms with E-state index in [0.29, 0.717) is 13.0 Å². The Bertz CT molecular complexity index is 616. The molecule has 0 spiro atoms. The van der Waals surface area contributed by atoms with Crippen LogP contribution in [0.25, 0.3) is 0 Å². The van der Waals surface area contributed by atoms with Crippen LogP contribution in [0, 0.1) is 5.41 Å². The molecule has 126 valence electrons. The molecular formula is C17H21F3N2O. The molecule has 0 saturated carbocycles. The van der Waals surface area contributed by atoms with Gasteiger partial charge in [-0.1, -0.05) is 13.8 Å². The zero-order chi connectivity index (χ0) is 17.4. The first-order chi connectivity index (χ1) is 10.5. The van der Waals surface area contributed by atoms with Gasteiger partial charge >= 0.3 is 6.18 Å². The highest BCUT2D eigenvalue weighted by molar-refractivity contribution is 6.01. The molecule has 0 atom stereocenters. The number of carbonyl (C=O) groups is 1. The molecule has 0 bridgehead atoms. The van der Waals surface area contributed by atoms with Gasteiger partial charge in [0, 0.05) is 43.8 Å². The van der Waals surface area contributed by atoms with Crippen molar-refractivity contribution < 1.29 is 18.0 Å². The number of allylic oxidation sites excluding steroid dienone is 1. The predicted molar refractivity (Wildman–Crippen MR) is 85.7 cm³/mol. The minimum Gasteiger partial charge on any atom is -0.378 e. The minimum atomic E-state index is -4.85. The van der Waals surface area contributed by atoms with E-state index >= 15 is 0 Å². The zero-order valence-corrected chi connectivity index (χ0v) is 13.7. The van der Waals surface area contributed by atoms with Crippen LogP contribution >= 0.6 is 0 Å². The summed E-state index contributed by atoms with van der Waals surface area (Å²) in [6, 6.07) is 7.49. The molecular weight excluding hydrogens is 305 g/mol. The average Bonchev–Trinajstić information content (AvgIpc) is 2.45.